The highest BCUT2D eigenvalue weighted by molar-refractivity contribution is 5.76. The van der Waals surface area contributed by atoms with Gasteiger partial charge in [-0.25, -0.2) is 0 Å². The predicted octanol–water partition coefficient (Wildman–Crippen LogP) is 0.547. The van der Waals surface area contributed by atoms with Gasteiger partial charge in [0.15, 0.2) is 11.5 Å². The van der Waals surface area contributed by atoms with Gasteiger partial charge in [-0.15, -0.1) is 0 Å². The highest BCUT2D eigenvalue weighted by atomic mass is 16.5. The number of amides is 1. The molecule has 1 amide bonds. The van der Waals surface area contributed by atoms with E-state index in [4.69, 9.17) is 15.2 Å². The lowest BCUT2D eigenvalue weighted by Crippen LogP contribution is -2.37. The van der Waals surface area contributed by atoms with Crippen LogP contribution in [0.2, 0.25) is 0 Å². The molecule has 0 spiro atoms. The number of methoxy groups -OCH3 is 2. The summed E-state index contributed by atoms with van der Waals surface area (Å²) in [7, 11) is 3.28. The third kappa shape index (κ3) is 2.41. The number of fused-ring (bicyclic) bond motifs is 1. The second-order valence-electron chi connectivity index (χ2n) is 4.37. The van der Waals surface area contributed by atoms with E-state index in [1.807, 2.05) is 17.0 Å². The van der Waals surface area contributed by atoms with E-state index in [0.717, 1.165) is 36.6 Å². The lowest BCUT2D eigenvalue weighted by Gasteiger charge is -2.29. The fourth-order valence-electron chi connectivity index (χ4n) is 2.40. The second-order valence-corrected chi connectivity index (χ2v) is 4.37. The quantitative estimate of drug-likeness (QED) is 0.847. The Bertz CT molecular complexity index is 460. The van der Waals surface area contributed by atoms with Gasteiger partial charge in [0.25, 0.3) is 0 Å². The van der Waals surface area contributed by atoms with Gasteiger partial charge in [-0.2, -0.15) is 0 Å². The van der Waals surface area contributed by atoms with Crippen molar-refractivity contribution >= 4 is 5.91 Å². The molecule has 2 rings (SSSR count). The molecule has 0 fully saturated rings. The normalized spacial score (nSPS) is 15.0. The molecule has 0 bridgehead atoms. The fraction of sp³-hybridized carbons (Fsp3) is 0.462. The summed E-state index contributed by atoms with van der Waals surface area (Å²) >= 11 is 0. The molecule has 0 unspecified atom stereocenters. The van der Waals surface area contributed by atoms with Gasteiger partial charge in [-0.3, -0.25) is 9.69 Å². The van der Waals surface area contributed by atoms with Crippen LogP contribution in [0.25, 0.3) is 0 Å². The van der Waals surface area contributed by atoms with E-state index < -0.39 is 0 Å². The molecule has 0 saturated heterocycles. The number of nitrogens with zero attached hydrogens (tertiary/aromatic N) is 1. The zero-order chi connectivity index (χ0) is 13.1. The molecule has 1 aromatic rings. The number of hydrogen-bond donors (Lipinski definition) is 1. The fourth-order valence-corrected chi connectivity index (χ4v) is 2.40. The van der Waals surface area contributed by atoms with Crippen molar-refractivity contribution in [3.63, 3.8) is 0 Å². The van der Waals surface area contributed by atoms with E-state index in [9.17, 15) is 4.79 Å². The second kappa shape index (κ2) is 5.27. The summed E-state index contributed by atoms with van der Waals surface area (Å²) in [6, 6.07) is 3.91. The maximum atomic E-state index is 10.9. The first-order chi connectivity index (χ1) is 8.65. The number of rotatable bonds is 4. The molecular weight excluding hydrogens is 232 g/mol. The van der Waals surface area contributed by atoms with Crippen LogP contribution in [-0.2, 0) is 17.8 Å². The number of primary amides is 1. The smallest absolute Gasteiger partial charge is 0.231 e. The summed E-state index contributed by atoms with van der Waals surface area (Å²) in [5.41, 5.74) is 7.55. The molecule has 0 atom stereocenters. The Morgan fingerprint density at radius 2 is 2.17 bits per heavy atom. The molecule has 0 radical (unpaired) electrons. The molecule has 0 saturated carbocycles. The number of benzene rings is 1. The minimum absolute atomic E-state index is 0.293. The van der Waals surface area contributed by atoms with E-state index in [0.29, 0.717) is 6.54 Å². The summed E-state index contributed by atoms with van der Waals surface area (Å²) in [6.45, 7) is 1.83. The van der Waals surface area contributed by atoms with Crippen LogP contribution in [-0.4, -0.2) is 38.1 Å². The van der Waals surface area contributed by atoms with Gasteiger partial charge in [0.1, 0.15) is 0 Å². The van der Waals surface area contributed by atoms with Crippen molar-refractivity contribution in [3.05, 3.63) is 23.3 Å². The third-order valence-corrected chi connectivity index (χ3v) is 3.20. The summed E-state index contributed by atoms with van der Waals surface area (Å²) < 4.78 is 10.7. The average Bonchev–Trinajstić information content (AvgIpc) is 2.36. The molecule has 5 nitrogen and oxygen atoms in total. The van der Waals surface area contributed by atoms with Crippen molar-refractivity contribution in [3.8, 4) is 11.5 Å². The number of nitrogens with two attached hydrogens (primary N) is 1. The first-order valence-corrected chi connectivity index (χ1v) is 5.89. The molecule has 2 N–H and O–H groups in total. The summed E-state index contributed by atoms with van der Waals surface area (Å²) in [5.74, 6) is 1.26. The van der Waals surface area contributed by atoms with Crippen molar-refractivity contribution in [2.75, 3.05) is 27.3 Å². The molecule has 0 aliphatic carbocycles. The Labute approximate surface area is 106 Å². The predicted molar refractivity (Wildman–Crippen MR) is 67.7 cm³/mol. The van der Waals surface area contributed by atoms with Gasteiger partial charge in [-0.05, 0) is 18.1 Å². The minimum Gasteiger partial charge on any atom is -0.493 e. The molecule has 1 aliphatic heterocycles. The lowest BCUT2D eigenvalue weighted by molar-refractivity contribution is -0.119. The SMILES string of the molecule is COc1ccc2c(c1OC)CCN(CC(N)=O)C2. The number of ether oxygens (including phenoxy) is 2. The molecule has 1 heterocycles. The zero-order valence-electron chi connectivity index (χ0n) is 10.7. The Hall–Kier alpha value is -1.75. The minimum atomic E-state index is -0.293. The first-order valence-electron chi connectivity index (χ1n) is 5.89. The highest BCUT2D eigenvalue weighted by Crippen LogP contribution is 2.36. The third-order valence-electron chi connectivity index (χ3n) is 3.20. The summed E-state index contributed by atoms with van der Waals surface area (Å²) in [5, 5.41) is 0. The monoisotopic (exact) mass is 250 g/mol. The van der Waals surface area contributed by atoms with E-state index in [1.54, 1.807) is 14.2 Å². The maximum absolute atomic E-state index is 10.9. The largest absolute Gasteiger partial charge is 0.493 e. The van der Waals surface area contributed by atoms with Crippen LogP contribution in [0.15, 0.2) is 12.1 Å². The van der Waals surface area contributed by atoms with Gasteiger partial charge in [0.05, 0.1) is 20.8 Å². The van der Waals surface area contributed by atoms with Crippen molar-refractivity contribution < 1.29 is 14.3 Å². The Morgan fingerprint density at radius 1 is 1.39 bits per heavy atom. The maximum Gasteiger partial charge on any atom is 0.231 e. The van der Waals surface area contributed by atoms with Crippen molar-refractivity contribution in [1.82, 2.24) is 4.90 Å². The van der Waals surface area contributed by atoms with Crippen LogP contribution in [0.4, 0.5) is 0 Å². The van der Waals surface area contributed by atoms with Crippen molar-refractivity contribution in [2.45, 2.75) is 13.0 Å². The molecule has 5 heteroatoms. The van der Waals surface area contributed by atoms with E-state index in [1.165, 1.54) is 5.56 Å². The summed E-state index contributed by atoms with van der Waals surface area (Å²) in [6.07, 6.45) is 0.836. The zero-order valence-corrected chi connectivity index (χ0v) is 10.7. The average molecular weight is 250 g/mol. The van der Waals surface area contributed by atoms with Crippen LogP contribution in [0.5, 0.6) is 11.5 Å². The van der Waals surface area contributed by atoms with Crippen molar-refractivity contribution in [2.24, 2.45) is 5.73 Å². The van der Waals surface area contributed by atoms with Gasteiger partial charge >= 0.3 is 0 Å². The van der Waals surface area contributed by atoms with Gasteiger partial charge in [0, 0.05) is 18.7 Å². The molecule has 1 aromatic carbocycles. The standard InChI is InChI=1S/C13H18N2O3/c1-17-11-4-3-9-7-15(8-12(14)16)6-5-10(9)13(11)18-2/h3-4H,5-8H2,1-2H3,(H2,14,16). The molecular formula is C13H18N2O3. The van der Waals surface area contributed by atoms with Gasteiger partial charge in [0.2, 0.25) is 5.91 Å². The van der Waals surface area contributed by atoms with Gasteiger partial charge < -0.3 is 15.2 Å². The molecule has 98 valence electrons. The first kappa shape index (κ1) is 12.7. The van der Waals surface area contributed by atoms with Gasteiger partial charge in [-0.1, -0.05) is 6.07 Å². The van der Waals surface area contributed by atoms with E-state index >= 15 is 0 Å². The van der Waals surface area contributed by atoms with E-state index in [2.05, 4.69) is 0 Å². The van der Waals surface area contributed by atoms with Crippen LogP contribution >= 0.6 is 0 Å². The Balaban J connectivity index is 2.27. The molecule has 18 heavy (non-hydrogen) atoms. The number of carbonyl (C=O) groups is 1. The van der Waals surface area contributed by atoms with Crippen LogP contribution < -0.4 is 15.2 Å². The lowest BCUT2D eigenvalue weighted by atomic mass is 9.98. The molecule has 0 aromatic heterocycles. The number of carbonyl (C=O) groups excluding carboxylic acids is 1. The van der Waals surface area contributed by atoms with Crippen molar-refractivity contribution in [1.29, 1.82) is 0 Å². The van der Waals surface area contributed by atoms with Crippen LogP contribution in [0.3, 0.4) is 0 Å². The highest BCUT2D eigenvalue weighted by Gasteiger charge is 2.22. The van der Waals surface area contributed by atoms with Crippen LogP contribution in [0.1, 0.15) is 11.1 Å². The van der Waals surface area contributed by atoms with E-state index in [-0.39, 0.29) is 5.91 Å². The van der Waals surface area contributed by atoms with Crippen LogP contribution in [0, 0.1) is 0 Å². The summed E-state index contributed by atoms with van der Waals surface area (Å²) in [4.78, 5) is 13.0. The Kier molecular flexibility index (Phi) is 3.72. The number of hydrogen-bond acceptors (Lipinski definition) is 4. The Morgan fingerprint density at radius 3 is 2.78 bits per heavy atom. The topological polar surface area (TPSA) is 64.8 Å². The molecule has 1 aliphatic rings.